The van der Waals surface area contributed by atoms with Crippen molar-refractivity contribution in [1.82, 2.24) is 0 Å². The first-order chi connectivity index (χ1) is 9.19. The van der Waals surface area contributed by atoms with E-state index in [9.17, 15) is 0 Å². The number of hydrogen-bond acceptors (Lipinski definition) is 1. The second-order valence-corrected chi connectivity index (χ2v) is 3.57. The van der Waals surface area contributed by atoms with E-state index >= 15 is 0 Å². The maximum atomic E-state index is 4.29. The minimum atomic E-state index is 1.08. The summed E-state index contributed by atoms with van der Waals surface area (Å²) in [6, 6.07) is 6.43. The number of nitrogens with zero attached hydrogens (tertiary/aromatic N) is 1. The average molecular weight is 265 g/mol. The second-order valence-electron chi connectivity index (χ2n) is 3.57. The molecule has 1 nitrogen and oxygen atoms in total. The molecule has 112 valence electrons. The quantitative estimate of drug-likeness (QED) is 0.524. The molecule has 0 bridgehead atoms. The van der Waals surface area contributed by atoms with Gasteiger partial charge in [-0.1, -0.05) is 67.0 Å². The van der Waals surface area contributed by atoms with E-state index < -0.39 is 0 Å². The minimum absolute atomic E-state index is 1.08. The molecule has 0 atom stereocenters. The van der Waals surface area contributed by atoms with Gasteiger partial charge in [-0.3, -0.25) is 4.99 Å². The zero-order valence-electron chi connectivity index (χ0n) is 14.7. The normalized spacial score (nSPS) is 8.47. The Labute approximate surface area is 122 Å². The van der Waals surface area contributed by atoms with Crippen molar-refractivity contribution in [2.75, 3.05) is 0 Å². The number of aryl methyl sites for hydroxylation is 2. The van der Waals surface area contributed by atoms with Crippen LogP contribution in [0.2, 0.25) is 0 Å². The van der Waals surface area contributed by atoms with Crippen molar-refractivity contribution >= 4 is 11.9 Å². The molecule has 1 aromatic carbocycles. The maximum Gasteiger partial charge on any atom is 0.0657 e. The summed E-state index contributed by atoms with van der Waals surface area (Å²) >= 11 is 0. The first kappa shape index (κ1) is 23.0. The summed E-state index contributed by atoms with van der Waals surface area (Å²) in [5.41, 5.74) is 3.68. The topological polar surface area (TPSA) is 12.4 Å². The Morgan fingerprint density at radius 3 is 1.84 bits per heavy atom. The van der Waals surface area contributed by atoms with Crippen molar-refractivity contribution in [2.45, 2.75) is 75.2 Å². The molecule has 0 aliphatic rings. The molecule has 0 spiro atoms. The third kappa shape index (κ3) is 13.1. The van der Waals surface area contributed by atoms with Gasteiger partial charge in [0.1, 0.15) is 0 Å². The fraction of sp³-hybridized carbons (Fsp3) is 0.611. The molecule has 19 heavy (non-hydrogen) atoms. The van der Waals surface area contributed by atoms with Gasteiger partial charge in [-0.25, -0.2) is 0 Å². The Kier molecular flexibility index (Phi) is 23.3. The number of hydrogen-bond donors (Lipinski definition) is 0. The monoisotopic (exact) mass is 265 g/mol. The van der Waals surface area contributed by atoms with Crippen LogP contribution in [0.25, 0.3) is 0 Å². The lowest BCUT2D eigenvalue weighted by Crippen LogP contribution is -1.81. The molecule has 1 heteroatoms. The summed E-state index contributed by atoms with van der Waals surface area (Å²) in [6.07, 6.45) is 4.16. The predicted octanol–water partition coefficient (Wildman–Crippen LogP) is 6.75. The molecule has 1 rings (SSSR count). The molecule has 0 unspecified atom stereocenters. The first-order valence-corrected chi connectivity index (χ1v) is 7.77. The lowest BCUT2D eigenvalue weighted by molar-refractivity contribution is 1.09. The molecule has 0 aliphatic carbocycles. The van der Waals surface area contributed by atoms with Crippen molar-refractivity contribution in [2.24, 2.45) is 4.99 Å². The van der Waals surface area contributed by atoms with E-state index in [4.69, 9.17) is 0 Å². The van der Waals surface area contributed by atoms with E-state index in [-0.39, 0.29) is 0 Å². The minimum Gasteiger partial charge on any atom is -0.261 e. The maximum absolute atomic E-state index is 4.29. The Hall–Kier alpha value is -1.11. The largest absolute Gasteiger partial charge is 0.261 e. The highest BCUT2D eigenvalue weighted by molar-refractivity contribution is 5.62. The van der Waals surface area contributed by atoms with E-state index in [1.165, 1.54) is 17.5 Å². The fourth-order valence-electron chi connectivity index (χ4n) is 1.15. The zero-order valence-corrected chi connectivity index (χ0v) is 14.7. The second kappa shape index (κ2) is 19.2. The molecular weight excluding hydrogens is 230 g/mol. The molecule has 1 aromatic rings. The van der Waals surface area contributed by atoms with Crippen LogP contribution in [0.1, 0.15) is 72.9 Å². The Morgan fingerprint density at radius 1 is 1.00 bits per heavy atom. The lowest BCUT2D eigenvalue weighted by atomic mass is 10.1. The van der Waals surface area contributed by atoms with Crippen LogP contribution in [-0.4, -0.2) is 6.21 Å². The summed E-state index contributed by atoms with van der Waals surface area (Å²) in [6.45, 7) is 18.4. The van der Waals surface area contributed by atoms with Gasteiger partial charge in [-0.2, -0.15) is 0 Å². The summed E-state index contributed by atoms with van der Waals surface area (Å²) in [4.78, 5) is 4.29. The van der Waals surface area contributed by atoms with Gasteiger partial charge in [0.2, 0.25) is 0 Å². The highest BCUT2D eigenvalue weighted by Crippen LogP contribution is 2.19. The molecule has 0 saturated carbocycles. The smallest absolute Gasteiger partial charge is 0.0657 e. The molecule has 0 amide bonds. The van der Waals surface area contributed by atoms with Gasteiger partial charge < -0.3 is 0 Å². The molecule has 0 aromatic heterocycles. The predicted molar refractivity (Wildman–Crippen MR) is 93.0 cm³/mol. The molecule has 0 radical (unpaired) electrons. The van der Waals surface area contributed by atoms with Gasteiger partial charge in [0.15, 0.2) is 0 Å². The summed E-state index contributed by atoms with van der Waals surface area (Å²) in [7, 11) is 0. The zero-order chi connectivity index (χ0) is 15.7. The van der Waals surface area contributed by atoms with Crippen molar-refractivity contribution < 1.29 is 0 Å². The average Bonchev–Trinajstić information content (AvgIpc) is 2.47. The highest BCUT2D eigenvalue weighted by atomic mass is 14.7. The Balaban J connectivity index is -0.000000313. The van der Waals surface area contributed by atoms with Crippen LogP contribution in [-0.2, 0) is 6.42 Å². The number of aliphatic imine (C=N–C) groups is 1. The van der Waals surface area contributed by atoms with Crippen LogP contribution in [0.4, 0.5) is 5.69 Å². The van der Waals surface area contributed by atoms with E-state index in [0.29, 0.717) is 0 Å². The summed E-state index contributed by atoms with van der Waals surface area (Å²) in [5.74, 6) is 0. The number of benzene rings is 1. The standard InChI is InChI=1S/C11H15N.C3H8.2C2H6/c1-4-10-7-6-9(3)11(8-10)12-5-2;1-3-2;2*1-2/h5-8H,4H2,1-3H3;3H2,1-2H3;2*1-2H3. The molecule has 0 fully saturated rings. The van der Waals surface area contributed by atoms with Crippen LogP contribution in [0.5, 0.6) is 0 Å². The van der Waals surface area contributed by atoms with Crippen molar-refractivity contribution in [3.8, 4) is 0 Å². The van der Waals surface area contributed by atoms with Gasteiger partial charge >= 0.3 is 0 Å². The van der Waals surface area contributed by atoms with Crippen molar-refractivity contribution in [3.63, 3.8) is 0 Å². The third-order valence-electron chi connectivity index (χ3n) is 1.95. The van der Waals surface area contributed by atoms with Crippen molar-refractivity contribution in [1.29, 1.82) is 0 Å². The van der Waals surface area contributed by atoms with Gasteiger partial charge in [0.25, 0.3) is 0 Å². The van der Waals surface area contributed by atoms with Crippen LogP contribution in [0.15, 0.2) is 23.2 Å². The van der Waals surface area contributed by atoms with Gasteiger partial charge in [0.05, 0.1) is 5.69 Å². The summed E-state index contributed by atoms with van der Waals surface area (Å²) in [5, 5.41) is 0. The van der Waals surface area contributed by atoms with E-state index in [2.05, 4.69) is 50.9 Å². The lowest BCUT2D eigenvalue weighted by Gasteiger charge is -2.01. The van der Waals surface area contributed by atoms with E-state index in [1.807, 2.05) is 40.8 Å². The van der Waals surface area contributed by atoms with Gasteiger partial charge in [-0.15, -0.1) is 0 Å². The molecular formula is C18H35N. The van der Waals surface area contributed by atoms with Gasteiger partial charge in [-0.05, 0) is 37.5 Å². The summed E-state index contributed by atoms with van der Waals surface area (Å²) < 4.78 is 0. The van der Waals surface area contributed by atoms with Crippen LogP contribution in [0.3, 0.4) is 0 Å². The Bertz CT molecular complexity index is 301. The first-order valence-electron chi connectivity index (χ1n) is 7.77. The highest BCUT2D eigenvalue weighted by Gasteiger charge is 1.95. The molecule has 0 aliphatic heterocycles. The van der Waals surface area contributed by atoms with E-state index in [0.717, 1.165) is 12.1 Å². The van der Waals surface area contributed by atoms with Crippen LogP contribution in [0, 0.1) is 6.92 Å². The van der Waals surface area contributed by atoms with Gasteiger partial charge in [0, 0.05) is 6.21 Å². The third-order valence-corrected chi connectivity index (χ3v) is 1.95. The SMILES string of the molecule is CC.CC.CC=Nc1cc(CC)ccc1C.CCC. The molecule has 0 heterocycles. The van der Waals surface area contributed by atoms with Crippen LogP contribution >= 0.6 is 0 Å². The Morgan fingerprint density at radius 2 is 1.47 bits per heavy atom. The van der Waals surface area contributed by atoms with E-state index in [1.54, 1.807) is 0 Å². The number of rotatable bonds is 2. The molecule has 0 saturated heterocycles. The van der Waals surface area contributed by atoms with Crippen LogP contribution < -0.4 is 0 Å². The fourth-order valence-corrected chi connectivity index (χ4v) is 1.15. The van der Waals surface area contributed by atoms with Crippen molar-refractivity contribution in [3.05, 3.63) is 29.3 Å². The molecule has 0 N–H and O–H groups in total.